The Morgan fingerprint density at radius 3 is 1.03 bits per heavy atom. The molecule has 0 radical (unpaired) electrons. The second kappa shape index (κ2) is 45.8. The zero-order chi connectivity index (χ0) is 45.6. The fraction of sp³-hybridized carbons (Fsp3) is 0.943. The molecule has 0 aromatic rings. The lowest BCUT2D eigenvalue weighted by Gasteiger charge is -2.25. The van der Waals surface area contributed by atoms with Crippen LogP contribution in [-0.4, -0.2) is 87.4 Å². The number of hydrogen-bond donors (Lipinski definition) is 1. The fourth-order valence-electron chi connectivity index (χ4n) is 7.96. The maximum Gasteiger partial charge on any atom is 0.361 e. The van der Waals surface area contributed by atoms with Gasteiger partial charge in [-0.3, -0.25) is 9.59 Å². The molecule has 0 amide bonds. The first-order chi connectivity index (χ1) is 30.1. The van der Waals surface area contributed by atoms with Crippen molar-refractivity contribution in [1.29, 1.82) is 0 Å². The Kier molecular flexibility index (Phi) is 44.6. The van der Waals surface area contributed by atoms with E-state index in [1.807, 2.05) is 21.1 Å². The first-order valence-electron chi connectivity index (χ1n) is 26.7. The van der Waals surface area contributed by atoms with Gasteiger partial charge >= 0.3 is 17.9 Å². The van der Waals surface area contributed by atoms with Gasteiger partial charge in [0, 0.05) is 12.8 Å². The standard InChI is InChI=1S/C53H103NO8/c1-6-8-10-12-14-16-18-20-22-24-25-26-27-28-30-32-34-36-38-40-42-44-51(56)62-49(48-61-53(52(57)58)59-46-45-54(3,4)5)47-60-50(55)43-41-39-37-35-33-31-29-23-21-19-17-15-13-11-9-7-2/h49,53H,6-48H2,1-5H3/p+1. The van der Waals surface area contributed by atoms with Crippen molar-refractivity contribution in [2.24, 2.45) is 0 Å². The molecule has 0 saturated carbocycles. The van der Waals surface area contributed by atoms with Gasteiger partial charge in [0.05, 0.1) is 34.4 Å². The molecule has 0 aliphatic heterocycles. The number of unbranched alkanes of at least 4 members (excludes halogenated alkanes) is 35. The molecular formula is C53H104NO8+. The Labute approximate surface area is 383 Å². The molecule has 1 N–H and O–H groups in total. The van der Waals surface area contributed by atoms with Crippen LogP contribution in [0.15, 0.2) is 0 Å². The summed E-state index contributed by atoms with van der Waals surface area (Å²) < 4.78 is 22.9. The van der Waals surface area contributed by atoms with Crippen molar-refractivity contribution in [3.63, 3.8) is 0 Å². The highest BCUT2D eigenvalue weighted by atomic mass is 16.7. The molecular weight excluding hydrogens is 779 g/mol. The molecule has 368 valence electrons. The van der Waals surface area contributed by atoms with Crippen molar-refractivity contribution in [3.8, 4) is 0 Å². The van der Waals surface area contributed by atoms with Crippen LogP contribution >= 0.6 is 0 Å². The summed E-state index contributed by atoms with van der Waals surface area (Å²) in [6.07, 6.45) is 45.9. The maximum absolute atomic E-state index is 12.8. The third kappa shape index (κ3) is 46.3. The van der Waals surface area contributed by atoms with Crippen LogP contribution in [0.2, 0.25) is 0 Å². The van der Waals surface area contributed by atoms with Crippen molar-refractivity contribution in [1.82, 2.24) is 0 Å². The molecule has 0 bridgehead atoms. The van der Waals surface area contributed by atoms with E-state index in [2.05, 4.69) is 13.8 Å². The van der Waals surface area contributed by atoms with E-state index in [0.29, 0.717) is 17.4 Å². The Morgan fingerprint density at radius 1 is 0.419 bits per heavy atom. The lowest BCUT2D eigenvalue weighted by atomic mass is 10.0. The number of hydrogen-bond acceptors (Lipinski definition) is 7. The van der Waals surface area contributed by atoms with Crippen molar-refractivity contribution in [2.75, 3.05) is 47.5 Å². The van der Waals surface area contributed by atoms with Crippen LogP contribution in [0.1, 0.15) is 264 Å². The number of nitrogens with zero attached hydrogens (tertiary/aromatic N) is 1. The summed E-state index contributed by atoms with van der Waals surface area (Å²) in [6.45, 7) is 4.93. The average Bonchev–Trinajstić information content (AvgIpc) is 3.23. The predicted molar refractivity (Wildman–Crippen MR) is 258 cm³/mol. The molecule has 0 aromatic carbocycles. The number of carbonyl (C=O) groups excluding carboxylic acids is 2. The summed E-state index contributed by atoms with van der Waals surface area (Å²) in [4.78, 5) is 37.3. The first kappa shape index (κ1) is 60.3. The van der Waals surface area contributed by atoms with Crippen molar-refractivity contribution < 1.29 is 42.9 Å². The second-order valence-electron chi connectivity index (χ2n) is 19.6. The zero-order valence-corrected chi connectivity index (χ0v) is 41.8. The first-order valence-corrected chi connectivity index (χ1v) is 26.7. The lowest BCUT2D eigenvalue weighted by Crippen LogP contribution is -2.40. The van der Waals surface area contributed by atoms with Gasteiger partial charge < -0.3 is 28.5 Å². The second-order valence-corrected chi connectivity index (χ2v) is 19.6. The number of carbonyl (C=O) groups is 3. The number of esters is 2. The SMILES string of the molecule is CCCCCCCCCCCCCCCCCCCCCCCC(=O)OC(COC(=O)CCCCCCCCCCCCCCCCCC)COC(OCC[N+](C)(C)C)C(=O)O. The topological polar surface area (TPSA) is 108 Å². The summed E-state index contributed by atoms with van der Waals surface area (Å²) in [5, 5.41) is 9.67. The molecule has 2 atom stereocenters. The van der Waals surface area contributed by atoms with E-state index in [0.717, 1.165) is 38.5 Å². The molecule has 0 rings (SSSR count). The lowest BCUT2D eigenvalue weighted by molar-refractivity contribution is -0.870. The average molecular weight is 883 g/mol. The van der Waals surface area contributed by atoms with Gasteiger partial charge in [0.2, 0.25) is 0 Å². The highest BCUT2D eigenvalue weighted by molar-refractivity contribution is 5.71. The van der Waals surface area contributed by atoms with E-state index in [-0.39, 0.29) is 38.2 Å². The number of quaternary nitrogens is 1. The Hall–Kier alpha value is -1.71. The molecule has 0 spiro atoms. The summed E-state index contributed by atoms with van der Waals surface area (Å²) >= 11 is 0. The molecule has 9 heteroatoms. The number of carboxylic acid groups (broad SMARTS) is 1. The summed E-state index contributed by atoms with van der Waals surface area (Å²) in [7, 11) is 5.98. The van der Waals surface area contributed by atoms with Gasteiger partial charge in [0.15, 0.2) is 6.10 Å². The van der Waals surface area contributed by atoms with E-state index < -0.39 is 18.4 Å². The van der Waals surface area contributed by atoms with E-state index in [4.69, 9.17) is 18.9 Å². The van der Waals surface area contributed by atoms with Gasteiger partial charge in [-0.1, -0.05) is 239 Å². The normalized spacial score (nSPS) is 12.7. The van der Waals surface area contributed by atoms with Crippen LogP contribution in [-0.2, 0) is 33.3 Å². The number of likely N-dealkylation sites (N-methyl/N-ethyl adjacent to an activating group) is 1. The van der Waals surface area contributed by atoms with Gasteiger partial charge in [-0.2, -0.15) is 0 Å². The van der Waals surface area contributed by atoms with Gasteiger partial charge in [-0.05, 0) is 12.8 Å². The fourth-order valence-corrected chi connectivity index (χ4v) is 7.96. The largest absolute Gasteiger partial charge is 0.477 e. The van der Waals surface area contributed by atoms with Gasteiger partial charge in [0.25, 0.3) is 6.29 Å². The number of ether oxygens (including phenoxy) is 4. The third-order valence-electron chi connectivity index (χ3n) is 12.1. The summed E-state index contributed by atoms with van der Waals surface area (Å²) in [6, 6.07) is 0. The van der Waals surface area contributed by atoms with Crippen molar-refractivity contribution in [3.05, 3.63) is 0 Å². The molecule has 62 heavy (non-hydrogen) atoms. The number of rotatable bonds is 50. The third-order valence-corrected chi connectivity index (χ3v) is 12.1. The molecule has 0 aromatic heterocycles. The molecule has 0 fully saturated rings. The predicted octanol–water partition coefficient (Wildman–Crippen LogP) is 14.8. The van der Waals surface area contributed by atoms with Crippen LogP contribution in [0.5, 0.6) is 0 Å². The van der Waals surface area contributed by atoms with E-state index >= 15 is 0 Å². The van der Waals surface area contributed by atoms with E-state index in [1.165, 1.54) is 199 Å². The van der Waals surface area contributed by atoms with Crippen molar-refractivity contribution in [2.45, 2.75) is 277 Å². The molecule has 9 nitrogen and oxygen atoms in total. The quantitative estimate of drug-likeness (QED) is 0.0278. The molecule has 0 heterocycles. The van der Waals surface area contributed by atoms with Crippen LogP contribution in [0.3, 0.4) is 0 Å². The Morgan fingerprint density at radius 2 is 0.726 bits per heavy atom. The molecule has 0 saturated heterocycles. The number of aliphatic carboxylic acids is 1. The molecule has 0 aliphatic rings. The highest BCUT2D eigenvalue weighted by Crippen LogP contribution is 2.17. The van der Waals surface area contributed by atoms with Crippen LogP contribution < -0.4 is 0 Å². The van der Waals surface area contributed by atoms with Gasteiger partial charge in [0.1, 0.15) is 13.2 Å². The van der Waals surface area contributed by atoms with Crippen molar-refractivity contribution >= 4 is 17.9 Å². The van der Waals surface area contributed by atoms with Crippen LogP contribution in [0, 0.1) is 0 Å². The van der Waals surface area contributed by atoms with Crippen LogP contribution in [0.25, 0.3) is 0 Å². The van der Waals surface area contributed by atoms with Gasteiger partial charge in [-0.25, -0.2) is 4.79 Å². The van der Waals surface area contributed by atoms with Crippen LogP contribution in [0.4, 0.5) is 0 Å². The van der Waals surface area contributed by atoms with E-state index in [9.17, 15) is 19.5 Å². The summed E-state index contributed by atoms with van der Waals surface area (Å²) in [5.74, 6) is -1.98. The Balaban J connectivity index is 4.25. The maximum atomic E-state index is 12.8. The Bertz CT molecular complexity index is 985. The minimum Gasteiger partial charge on any atom is -0.477 e. The summed E-state index contributed by atoms with van der Waals surface area (Å²) in [5.41, 5.74) is 0. The molecule has 2 unspecified atom stereocenters. The number of carboxylic acids is 1. The smallest absolute Gasteiger partial charge is 0.361 e. The monoisotopic (exact) mass is 883 g/mol. The minimum absolute atomic E-state index is 0.173. The van der Waals surface area contributed by atoms with E-state index in [1.54, 1.807) is 0 Å². The zero-order valence-electron chi connectivity index (χ0n) is 41.8. The molecule has 0 aliphatic carbocycles. The van der Waals surface area contributed by atoms with Gasteiger partial charge in [-0.15, -0.1) is 0 Å². The highest BCUT2D eigenvalue weighted by Gasteiger charge is 2.25. The minimum atomic E-state index is -1.50.